The Labute approximate surface area is 297 Å². The van der Waals surface area contributed by atoms with Crippen molar-refractivity contribution in [2.75, 3.05) is 20.3 Å². The summed E-state index contributed by atoms with van der Waals surface area (Å²) in [6.45, 7) is 5.49. The van der Waals surface area contributed by atoms with Crippen LogP contribution in [0.2, 0.25) is 0 Å². The van der Waals surface area contributed by atoms with Gasteiger partial charge in [0, 0.05) is 42.2 Å². The van der Waals surface area contributed by atoms with Gasteiger partial charge in [-0.1, -0.05) is 41.6 Å². The number of nitrogens with zero attached hydrogens (tertiary/aromatic N) is 4. The molecule has 9 bridgehead atoms. The molecule has 0 saturated heterocycles. The summed E-state index contributed by atoms with van der Waals surface area (Å²) in [6, 6.07) is 22.5. The summed E-state index contributed by atoms with van der Waals surface area (Å²) in [5, 5.41) is 9.02. The summed E-state index contributed by atoms with van der Waals surface area (Å²) >= 11 is 0. The summed E-state index contributed by atoms with van der Waals surface area (Å²) < 4.78 is 59.1. The van der Waals surface area contributed by atoms with Crippen LogP contribution in [0, 0.1) is 6.92 Å². The van der Waals surface area contributed by atoms with E-state index in [1.807, 2.05) is 60.1 Å². The Morgan fingerprint density at radius 3 is 2.63 bits per heavy atom. The summed E-state index contributed by atoms with van der Waals surface area (Å²) in [6.07, 6.45) is 1.71. The highest BCUT2D eigenvalue weighted by atomic mass is 32.2. The first-order valence-corrected chi connectivity index (χ1v) is 18.4. The molecule has 8 rings (SSSR count). The van der Waals surface area contributed by atoms with Crippen LogP contribution >= 0.6 is 0 Å². The minimum absolute atomic E-state index is 0.0347. The van der Waals surface area contributed by atoms with Crippen molar-refractivity contribution in [1.82, 2.24) is 19.3 Å². The van der Waals surface area contributed by atoms with Gasteiger partial charge >= 0.3 is 16.3 Å². The summed E-state index contributed by atoms with van der Waals surface area (Å²) in [5.74, 6) is 1.31. The number of para-hydroxylation sites is 1. The van der Waals surface area contributed by atoms with E-state index in [2.05, 4.69) is 10.3 Å². The molecule has 51 heavy (non-hydrogen) atoms. The smallest absolute Gasteiger partial charge is 0.385 e. The van der Waals surface area contributed by atoms with Crippen molar-refractivity contribution in [2.45, 2.75) is 65.3 Å². The van der Waals surface area contributed by atoms with Gasteiger partial charge in [0.1, 0.15) is 35.1 Å². The lowest BCUT2D eigenvalue weighted by molar-refractivity contribution is -0.143. The van der Waals surface area contributed by atoms with Gasteiger partial charge in [-0.2, -0.15) is 12.7 Å². The number of esters is 1. The first kappa shape index (κ1) is 34.3. The van der Waals surface area contributed by atoms with Crippen molar-refractivity contribution < 1.29 is 36.3 Å². The van der Waals surface area contributed by atoms with Gasteiger partial charge in [0.25, 0.3) is 0 Å². The van der Waals surface area contributed by atoms with E-state index in [1.165, 1.54) is 4.31 Å². The van der Waals surface area contributed by atoms with Gasteiger partial charge in [0.05, 0.1) is 32.3 Å². The molecule has 0 radical (unpaired) electrons. The van der Waals surface area contributed by atoms with Crippen LogP contribution in [0.4, 0.5) is 0 Å². The predicted octanol–water partition coefficient (Wildman–Crippen LogP) is 6.22. The molecular formula is C38H40N4O8S. The van der Waals surface area contributed by atoms with Gasteiger partial charge in [0.15, 0.2) is 0 Å². The number of methoxy groups -OCH3 is 1. The zero-order chi connectivity index (χ0) is 35.5. The maximum Gasteiger partial charge on any atom is 0.385 e. The second kappa shape index (κ2) is 14.6. The van der Waals surface area contributed by atoms with E-state index in [1.54, 1.807) is 38.3 Å². The van der Waals surface area contributed by atoms with E-state index in [9.17, 15) is 13.2 Å². The number of fused-ring (bicyclic) bond motifs is 6. The van der Waals surface area contributed by atoms with Crippen LogP contribution in [-0.4, -0.2) is 54.0 Å². The van der Waals surface area contributed by atoms with Crippen LogP contribution in [0.25, 0.3) is 11.0 Å². The number of rotatable bonds is 4. The Morgan fingerprint density at radius 2 is 1.78 bits per heavy atom. The van der Waals surface area contributed by atoms with Crippen LogP contribution in [0.5, 0.6) is 23.0 Å². The Morgan fingerprint density at radius 1 is 0.941 bits per heavy atom. The maximum atomic E-state index is 13.4. The van der Waals surface area contributed by atoms with Crippen LogP contribution in [0.1, 0.15) is 65.5 Å². The highest BCUT2D eigenvalue weighted by molar-refractivity contribution is 7.84. The number of carbonyl (C=O) groups excluding carboxylic acids is 1. The van der Waals surface area contributed by atoms with E-state index >= 15 is 0 Å². The minimum Gasteiger partial charge on any atom is -0.496 e. The zero-order valence-corrected chi connectivity index (χ0v) is 29.6. The number of carbonyl (C=O) groups is 1. The van der Waals surface area contributed by atoms with Crippen LogP contribution in [0.15, 0.2) is 72.8 Å². The Hall–Kier alpha value is -5.14. The van der Waals surface area contributed by atoms with Crippen molar-refractivity contribution in [3.8, 4) is 23.0 Å². The first-order chi connectivity index (χ1) is 24.7. The van der Waals surface area contributed by atoms with Crippen molar-refractivity contribution >= 4 is 27.3 Å². The Balaban J connectivity index is 1.31. The summed E-state index contributed by atoms with van der Waals surface area (Å²) in [5.41, 5.74) is 6.43. The average molecular weight is 713 g/mol. The molecule has 0 spiro atoms. The van der Waals surface area contributed by atoms with Crippen molar-refractivity contribution in [1.29, 1.82) is 0 Å². The number of hydrogen-bond donors (Lipinski definition) is 0. The quantitative estimate of drug-likeness (QED) is 0.198. The van der Waals surface area contributed by atoms with Crippen LogP contribution in [-0.2, 0) is 46.1 Å². The third-order valence-corrected chi connectivity index (χ3v) is 10.6. The molecule has 1 aromatic heterocycles. The molecule has 2 atom stereocenters. The molecule has 5 aromatic rings. The number of aryl methyl sites for hydroxylation is 2. The third-order valence-electron chi connectivity index (χ3n) is 9.37. The summed E-state index contributed by atoms with van der Waals surface area (Å²) in [7, 11) is -2.61. The molecule has 0 N–H and O–H groups in total. The third kappa shape index (κ3) is 7.22. The van der Waals surface area contributed by atoms with E-state index in [4.69, 9.17) is 23.1 Å². The molecule has 13 heteroatoms. The monoisotopic (exact) mass is 712 g/mol. The molecule has 0 aliphatic carbocycles. The van der Waals surface area contributed by atoms with Gasteiger partial charge in [0.2, 0.25) is 0 Å². The van der Waals surface area contributed by atoms with Crippen LogP contribution < -0.4 is 18.4 Å². The molecule has 0 fully saturated rings. The largest absolute Gasteiger partial charge is 0.496 e. The molecule has 4 heterocycles. The highest BCUT2D eigenvalue weighted by Crippen LogP contribution is 2.38. The Kier molecular flexibility index (Phi) is 9.83. The van der Waals surface area contributed by atoms with Crippen LogP contribution in [0.3, 0.4) is 0 Å². The summed E-state index contributed by atoms with van der Waals surface area (Å²) in [4.78, 5) is 13.0. The van der Waals surface area contributed by atoms with E-state index in [0.29, 0.717) is 35.8 Å². The van der Waals surface area contributed by atoms with Gasteiger partial charge in [-0.05, 0) is 79.8 Å². The van der Waals surface area contributed by atoms with Gasteiger partial charge < -0.3 is 23.1 Å². The fourth-order valence-electron chi connectivity index (χ4n) is 6.74. The standard InChI is InChI=1S/C38H40N4O8S/c1-4-47-37(43)21-32-26-11-15-34(46-3)28(19-26)22-41-23-29-20-30(12-16-36(29)50-51(41,44)45)49-24-27-9-5-6-10-35(27)48-18-8-7-17-42-33-14-13-31(32)25(2)38(33)39-40-42/h5-6,9-16,19-20,32H,4,7-8,17-18,21-24H2,1-3H3. The molecule has 12 nitrogen and oxygen atoms in total. The fourth-order valence-corrected chi connectivity index (χ4v) is 7.83. The number of aromatic nitrogens is 3. The van der Waals surface area contributed by atoms with Crippen molar-refractivity contribution in [2.24, 2.45) is 0 Å². The fraction of sp³-hybridized carbons (Fsp3) is 0.342. The number of hydrogen-bond acceptors (Lipinski definition) is 10. The number of benzene rings is 4. The SMILES string of the molecule is CCOC(=O)CC1c2ccc(OC)c(c2)CN2Cc3cc(ccc3OS2(=O)=O)OCc2ccccc2OCCCCn2nnc3c(C)c1ccc32. The average Bonchev–Trinajstić information content (AvgIpc) is 3.54. The maximum absolute atomic E-state index is 13.4. The zero-order valence-electron chi connectivity index (χ0n) is 28.8. The van der Waals surface area contributed by atoms with Gasteiger partial charge in [-0.25, -0.2) is 4.68 Å². The lowest BCUT2D eigenvalue weighted by Gasteiger charge is -2.29. The topological polar surface area (TPSA) is 131 Å². The predicted molar refractivity (Wildman–Crippen MR) is 189 cm³/mol. The molecule has 0 amide bonds. The lowest BCUT2D eigenvalue weighted by Crippen LogP contribution is -2.37. The normalized spacial score (nSPS) is 18.6. The highest BCUT2D eigenvalue weighted by Gasteiger charge is 2.33. The van der Waals surface area contributed by atoms with Crippen molar-refractivity contribution in [3.05, 3.63) is 106 Å². The van der Waals surface area contributed by atoms with Gasteiger partial charge in [-0.15, -0.1) is 5.10 Å². The van der Waals surface area contributed by atoms with E-state index in [-0.39, 0.29) is 44.4 Å². The number of ether oxygens (including phenoxy) is 4. The molecule has 4 aromatic carbocycles. The van der Waals surface area contributed by atoms with E-state index < -0.39 is 16.2 Å². The molecular weight excluding hydrogens is 673 g/mol. The minimum atomic E-state index is -4.15. The van der Waals surface area contributed by atoms with E-state index in [0.717, 1.165) is 51.9 Å². The molecule has 2 unspecified atom stereocenters. The second-order valence-electron chi connectivity index (χ2n) is 12.6. The molecule has 0 saturated carbocycles. The van der Waals surface area contributed by atoms with Crippen molar-refractivity contribution in [3.63, 3.8) is 0 Å². The lowest BCUT2D eigenvalue weighted by atomic mass is 9.84. The first-order valence-electron chi connectivity index (χ1n) is 17.0. The van der Waals surface area contributed by atoms with Gasteiger partial charge in [-0.3, -0.25) is 4.79 Å². The molecule has 3 aliphatic rings. The Bertz CT molecular complexity index is 2180. The second-order valence-corrected chi connectivity index (χ2v) is 14.2. The molecule has 3 aliphatic heterocycles. The molecule has 266 valence electrons.